The second-order valence-corrected chi connectivity index (χ2v) is 4.41. The lowest BCUT2D eigenvalue weighted by atomic mass is 10.2. The molecule has 0 saturated carbocycles. The molecule has 0 radical (unpaired) electrons. The van der Waals surface area contributed by atoms with Crippen LogP contribution in [0.2, 0.25) is 0 Å². The molecule has 0 fully saturated rings. The third-order valence-corrected chi connectivity index (χ3v) is 2.83. The van der Waals surface area contributed by atoms with E-state index in [2.05, 4.69) is 17.0 Å². The minimum absolute atomic E-state index is 0.461. The molecule has 0 bridgehead atoms. The maximum Gasteiger partial charge on any atom is 0.222 e. The molecule has 0 amide bonds. The van der Waals surface area contributed by atoms with Gasteiger partial charge in [0.05, 0.1) is 12.4 Å². The predicted octanol–water partition coefficient (Wildman–Crippen LogP) is 3.53. The zero-order chi connectivity index (χ0) is 13.0. The number of pyridine rings is 1. The molecular formula is C13H16ClN3O. The quantitative estimate of drug-likeness (QED) is 0.777. The standard InChI is InChI=1S/C13H16ClN3O/c1-3-4-17-9-12(8-16-17)18-13-10(2)5-11(6-14)7-15-13/h5,7-9H,3-4,6H2,1-2H3. The van der Waals surface area contributed by atoms with E-state index in [-0.39, 0.29) is 0 Å². The lowest BCUT2D eigenvalue weighted by molar-refractivity contribution is 0.457. The van der Waals surface area contributed by atoms with Gasteiger partial charge in [0.25, 0.3) is 0 Å². The average molecular weight is 266 g/mol. The first-order valence-electron chi connectivity index (χ1n) is 5.94. The summed E-state index contributed by atoms with van der Waals surface area (Å²) in [4.78, 5) is 4.26. The number of ether oxygens (including phenoxy) is 1. The molecule has 0 aliphatic carbocycles. The number of alkyl halides is 1. The van der Waals surface area contributed by atoms with Crippen LogP contribution in [-0.4, -0.2) is 14.8 Å². The molecule has 5 heteroatoms. The highest BCUT2D eigenvalue weighted by atomic mass is 35.5. The Morgan fingerprint density at radius 3 is 2.89 bits per heavy atom. The molecule has 2 heterocycles. The van der Waals surface area contributed by atoms with E-state index in [0.29, 0.717) is 17.5 Å². The highest BCUT2D eigenvalue weighted by Crippen LogP contribution is 2.23. The molecule has 2 aromatic heterocycles. The van der Waals surface area contributed by atoms with E-state index in [1.54, 1.807) is 12.4 Å². The number of halogens is 1. The summed E-state index contributed by atoms with van der Waals surface area (Å²) < 4.78 is 7.56. The van der Waals surface area contributed by atoms with Gasteiger partial charge in [0.15, 0.2) is 5.75 Å². The van der Waals surface area contributed by atoms with Crippen LogP contribution in [0, 0.1) is 6.92 Å². The summed E-state index contributed by atoms with van der Waals surface area (Å²) in [6, 6.07) is 1.98. The van der Waals surface area contributed by atoms with E-state index < -0.39 is 0 Å². The Morgan fingerprint density at radius 1 is 1.39 bits per heavy atom. The van der Waals surface area contributed by atoms with Gasteiger partial charge in [-0.1, -0.05) is 6.92 Å². The molecule has 18 heavy (non-hydrogen) atoms. The van der Waals surface area contributed by atoms with Gasteiger partial charge in [-0.3, -0.25) is 4.68 Å². The molecule has 2 rings (SSSR count). The third kappa shape index (κ3) is 3.01. The topological polar surface area (TPSA) is 39.9 Å². The Balaban J connectivity index is 2.12. The summed E-state index contributed by atoms with van der Waals surface area (Å²) in [6.45, 7) is 4.95. The van der Waals surface area contributed by atoms with Crippen LogP contribution in [0.15, 0.2) is 24.7 Å². The summed E-state index contributed by atoms with van der Waals surface area (Å²) >= 11 is 5.76. The van der Waals surface area contributed by atoms with Gasteiger partial charge in [0, 0.05) is 24.2 Å². The smallest absolute Gasteiger partial charge is 0.222 e. The van der Waals surface area contributed by atoms with Crippen molar-refractivity contribution in [2.45, 2.75) is 32.7 Å². The van der Waals surface area contributed by atoms with Crippen LogP contribution >= 0.6 is 11.6 Å². The van der Waals surface area contributed by atoms with Gasteiger partial charge < -0.3 is 4.74 Å². The summed E-state index contributed by atoms with van der Waals surface area (Å²) in [5, 5.41) is 4.21. The second-order valence-electron chi connectivity index (χ2n) is 4.14. The van der Waals surface area contributed by atoms with Crippen molar-refractivity contribution in [2.75, 3.05) is 0 Å². The highest BCUT2D eigenvalue weighted by molar-refractivity contribution is 6.17. The van der Waals surface area contributed by atoms with E-state index in [9.17, 15) is 0 Å². The van der Waals surface area contributed by atoms with E-state index in [0.717, 1.165) is 24.1 Å². The fourth-order valence-corrected chi connectivity index (χ4v) is 1.81. The van der Waals surface area contributed by atoms with Crippen LogP contribution in [0.3, 0.4) is 0 Å². The number of nitrogens with zero attached hydrogens (tertiary/aromatic N) is 3. The molecule has 0 aliphatic heterocycles. The zero-order valence-electron chi connectivity index (χ0n) is 10.6. The number of aryl methyl sites for hydroxylation is 2. The first-order chi connectivity index (χ1) is 8.72. The zero-order valence-corrected chi connectivity index (χ0v) is 11.3. The van der Waals surface area contributed by atoms with Crippen LogP contribution in [-0.2, 0) is 12.4 Å². The van der Waals surface area contributed by atoms with Gasteiger partial charge in [0.2, 0.25) is 5.88 Å². The molecule has 2 aromatic rings. The number of hydrogen-bond acceptors (Lipinski definition) is 3. The molecule has 0 spiro atoms. The van der Waals surface area contributed by atoms with Crippen molar-refractivity contribution in [3.8, 4) is 11.6 Å². The van der Waals surface area contributed by atoms with E-state index >= 15 is 0 Å². The van der Waals surface area contributed by atoms with Gasteiger partial charge >= 0.3 is 0 Å². The van der Waals surface area contributed by atoms with Gasteiger partial charge in [-0.2, -0.15) is 5.10 Å². The molecule has 0 aromatic carbocycles. The number of hydrogen-bond donors (Lipinski definition) is 0. The van der Waals surface area contributed by atoms with Gasteiger partial charge in [-0.15, -0.1) is 11.6 Å². The van der Waals surface area contributed by atoms with Crippen molar-refractivity contribution in [3.63, 3.8) is 0 Å². The monoisotopic (exact) mass is 265 g/mol. The van der Waals surface area contributed by atoms with Crippen LogP contribution in [0.5, 0.6) is 11.6 Å². The van der Waals surface area contributed by atoms with Crippen molar-refractivity contribution in [1.29, 1.82) is 0 Å². The molecule has 96 valence electrons. The Hall–Kier alpha value is -1.55. The fraction of sp³-hybridized carbons (Fsp3) is 0.385. The Morgan fingerprint density at radius 2 is 2.22 bits per heavy atom. The fourth-order valence-electron chi connectivity index (χ4n) is 1.66. The van der Waals surface area contributed by atoms with Crippen LogP contribution in [0.25, 0.3) is 0 Å². The van der Waals surface area contributed by atoms with Gasteiger partial charge in [0.1, 0.15) is 0 Å². The summed E-state index contributed by atoms with van der Waals surface area (Å²) in [5.41, 5.74) is 1.96. The highest BCUT2D eigenvalue weighted by Gasteiger charge is 2.06. The minimum atomic E-state index is 0.461. The van der Waals surface area contributed by atoms with E-state index in [4.69, 9.17) is 16.3 Å². The summed E-state index contributed by atoms with van der Waals surface area (Å²) in [7, 11) is 0. The molecule has 0 saturated heterocycles. The maximum atomic E-state index is 5.76. The lowest BCUT2D eigenvalue weighted by Crippen LogP contribution is -1.95. The number of rotatable bonds is 5. The first kappa shape index (κ1) is 12.9. The molecule has 0 unspecified atom stereocenters. The van der Waals surface area contributed by atoms with E-state index in [1.807, 2.05) is 23.9 Å². The SMILES string of the molecule is CCCn1cc(Oc2ncc(CCl)cc2C)cn1. The van der Waals surface area contributed by atoms with Gasteiger partial charge in [-0.05, 0) is 25.0 Å². The Bertz CT molecular complexity index is 525. The Labute approximate surface area is 112 Å². The van der Waals surface area contributed by atoms with Gasteiger partial charge in [-0.25, -0.2) is 4.98 Å². The Kier molecular flexibility index (Phi) is 4.20. The maximum absolute atomic E-state index is 5.76. The van der Waals surface area contributed by atoms with Crippen LogP contribution in [0.1, 0.15) is 24.5 Å². The first-order valence-corrected chi connectivity index (χ1v) is 6.48. The minimum Gasteiger partial charge on any atom is -0.435 e. The van der Waals surface area contributed by atoms with Crippen molar-refractivity contribution < 1.29 is 4.74 Å². The van der Waals surface area contributed by atoms with Crippen molar-refractivity contribution >= 4 is 11.6 Å². The predicted molar refractivity (Wildman–Crippen MR) is 71.1 cm³/mol. The molecule has 4 nitrogen and oxygen atoms in total. The molecular weight excluding hydrogens is 250 g/mol. The van der Waals surface area contributed by atoms with Crippen molar-refractivity contribution in [3.05, 3.63) is 35.8 Å². The second kappa shape index (κ2) is 5.87. The largest absolute Gasteiger partial charge is 0.435 e. The summed E-state index contributed by atoms with van der Waals surface area (Å²) in [5.74, 6) is 1.76. The molecule has 0 N–H and O–H groups in total. The van der Waals surface area contributed by atoms with Crippen LogP contribution in [0.4, 0.5) is 0 Å². The third-order valence-electron chi connectivity index (χ3n) is 2.52. The molecule has 0 atom stereocenters. The molecule has 0 aliphatic rings. The van der Waals surface area contributed by atoms with Crippen molar-refractivity contribution in [1.82, 2.24) is 14.8 Å². The van der Waals surface area contributed by atoms with Crippen LogP contribution < -0.4 is 4.74 Å². The lowest BCUT2D eigenvalue weighted by Gasteiger charge is -2.06. The summed E-state index contributed by atoms with van der Waals surface area (Å²) in [6.07, 6.45) is 6.35. The van der Waals surface area contributed by atoms with E-state index in [1.165, 1.54) is 0 Å². The van der Waals surface area contributed by atoms with Crippen molar-refractivity contribution in [2.24, 2.45) is 0 Å². The average Bonchev–Trinajstić information content (AvgIpc) is 2.80. The number of aromatic nitrogens is 3. The normalized spacial score (nSPS) is 10.6.